The lowest BCUT2D eigenvalue weighted by Crippen LogP contribution is -1.99. The lowest BCUT2D eigenvalue weighted by Gasteiger charge is -2.06. The highest BCUT2D eigenvalue weighted by Gasteiger charge is 2.14. The number of aromatic nitrogens is 2. The summed E-state index contributed by atoms with van der Waals surface area (Å²) in [7, 11) is 3.22. The van der Waals surface area contributed by atoms with E-state index in [1.54, 1.807) is 32.4 Å². The quantitative estimate of drug-likeness (QED) is 0.927. The molecule has 0 amide bonds. The Bertz CT molecular complexity index is 607. The molecular formula is C12H11ClN2O3. The molecule has 0 fully saturated rings. The Labute approximate surface area is 109 Å². The molecule has 0 bridgehead atoms. The van der Waals surface area contributed by atoms with E-state index in [2.05, 4.69) is 5.10 Å². The number of benzene rings is 1. The van der Waals surface area contributed by atoms with Gasteiger partial charge in [-0.3, -0.25) is 4.68 Å². The minimum Gasteiger partial charge on any atom is -0.497 e. The van der Waals surface area contributed by atoms with Crippen LogP contribution in [0.5, 0.6) is 5.75 Å². The number of halogens is 1. The summed E-state index contributed by atoms with van der Waals surface area (Å²) >= 11 is 6.13. The third-order valence-electron chi connectivity index (χ3n) is 2.55. The molecule has 0 atom stereocenters. The van der Waals surface area contributed by atoms with Crippen LogP contribution >= 0.6 is 11.6 Å². The Morgan fingerprint density at radius 2 is 2.17 bits per heavy atom. The van der Waals surface area contributed by atoms with Gasteiger partial charge >= 0.3 is 5.97 Å². The number of methoxy groups -OCH3 is 1. The van der Waals surface area contributed by atoms with Gasteiger partial charge in [0.05, 0.1) is 17.8 Å². The number of rotatable bonds is 3. The van der Waals surface area contributed by atoms with E-state index in [1.807, 2.05) is 0 Å². The second-order valence-corrected chi connectivity index (χ2v) is 4.10. The summed E-state index contributed by atoms with van der Waals surface area (Å²) in [5.74, 6) is -0.425. The Morgan fingerprint density at radius 3 is 2.67 bits per heavy atom. The van der Waals surface area contributed by atoms with Crippen LogP contribution < -0.4 is 4.74 Å². The first kappa shape index (κ1) is 12.4. The summed E-state index contributed by atoms with van der Waals surface area (Å²) in [6, 6.07) is 6.68. The number of nitrogens with zero attached hydrogens (tertiary/aromatic N) is 2. The highest BCUT2D eigenvalue weighted by Crippen LogP contribution is 2.31. The standard InChI is InChI=1S/C12H11ClN2O3/c1-15-11(6-10(14-15)12(16)17)8-4-3-7(18-2)5-9(8)13/h3-6H,1-2H3,(H,16,17). The van der Waals surface area contributed by atoms with E-state index < -0.39 is 5.97 Å². The van der Waals surface area contributed by atoms with E-state index in [4.69, 9.17) is 21.4 Å². The molecule has 1 aromatic carbocycles. The summed E-state index contributed by atoms with van der Waals surface area (Å²) in [6.07, 6.45) is 0. The Balaban J connectivity index is 2.51. The van der Waals surface area contributed by atoms with Crippen LogP contribution in [0.3, 0.4) is 0 Å². The SMILES string of the molecule is COc1ccc(-c2cc(C(=O)O)nn2C)c(Cl)c1. The van der Waals surface area contributed by atoms with Gasteiger partial charge in [0.25, 0.3) is 0 Å². The van der Waals surface area contributed by atoms with Crippen LogP contribution in [0.2, 0.25) is 5.02 Å². The second kappa shape index (κ2) is 4.70. The average molecular weight is 267 g/mol. The normalized spacial score (nSPS) is 10.4. The van der Waals surface area contributed by atoms with Crippen molar-refractivity contribution in [3.05, 3.63) is 35.0 Å². The van der Waals surface area contributed by atoms with Crippen LogP contribution in [-0.2, 0) is 7.05 Å². The van der Waals surface area contributed by atoms with Crippen LogP contribution in [0, 0.1) is 0 Å². The third-order valence-corrected chi connectivity index (χ3v) is 2.86. The van der Waals surface area contributed by atoms with Crippen molar-refractivity contribution in [2.24, 2.45) is 7.05 Å². The zero-order chi connectivity index (χ0) is 13.3. The summed E-state index contributed by atoms with van der Waals surface area (Å²) in [4.78, 5) is 10.9. The highest BCUT2D eigenvalue weighted by atomic mass is 35.5. The fourth-order valence-electron chi connectivity index (χ4n) is 1.65. The van der Waals surface area contributed by atoms with Crippen LogP contribution in [0.4, 0.5) is 0 Å². The lowest BCUT2D eigenvalue weighted by molar-refractivity contribution is 0.0689. The molecule has 0 aliphatic carbocycles. The van der Waals surface area contributed by atoms with E-state index in [0.717, 1.165) is 0 Å². The molecule has 1 N–H and O–H groups in total. The van der Waals surface area contributed by atoms with Crippen LogP contribution in [0.25, 0.3) is 11.3 Å². The first-order chi connectivity index (χ1) is 8.52. The van der Waals surface area contributed by atoms with Gasteiger partial charge in [-0.2, -0.15) is 5.10 Å². The predicted octanol–water partition coefficient (Wildman–Crippen LogP) is 2.45. The summed E-state index contributed by atoms with van der Waals surface area (Å²) in [5, 5.41) is 13.3. The fourth-order valence-corrected chi connectivity index (χ4v) is 1.92. The number of aryl methyl sites for hydroxylation is 1. The predicted molar refractivity (Wildman–Crippen MR) is 67.2 cm³/mol. The van der Waals surface area contributed by atoms with Gasteiger partial charge in [0.15, 0.2) is 5.69 Å². The molecule has 0 aliphatic rings. The van der Waals surface area contributed by atoms with Gasteiger partial charge < -0.3 is 9.84 Å². The number of carboxylic acid groups (broad SMARTS) is 1. The molecule has 0 saturated heterocycles. The maximum absolute atomic E-state index is 10.9. The topological polar surface area (TPSA) is 64.3 Å². The molecule has 0 aliphatic heterocycles. The van der Waals surface area contributed by atoms with Gasteiger partial charge in [-0.1, -0.05) is 11.6 Å². The molecule has 5 nitrogen and oxygen atoms in total. The van der Waals surface area contributed by atoms with Crippen molar-refractivity contribution in [2.45, 2.75) is 0 Å². The number of hydrogen-bond donors (Lipinski definition) is 1. The molecule has 6 heteroatoms. The number of carbonyl (C=O) groups is 1. The molecule has 94 valence electrons. The Morgan fingerprint density at radius 1 is 1.44 bits per heavy atom. The highest BCUT2D eigenvalue weighted by molar-refractivity contribution is 6.33. The molecular weight excluding hydrogens is 256 g/mol. The van der Waals surface area contributed by atoms with Gasteiger partial charge in [0.1, 0.15) is 5.75 Å². The second-order valence-electron chi connectivity index (χ2n) is 3.69. The average Bonchev–Trinajstić information content (AvgIpc) is 2.71. The van der Waals surface area contributed by atoms with Gasteiger partial charge in [0, 0.05) is 12.6 Å². The van der Waals surface area contributed by atoms with E-state index >= 15 is 0 Å². The zero-order valence-electron chi connectivity index (χ0n) is 9.85. The molecule has 0 radical (unpaired) electrons. The molecule has 1 aromatic heterocycles. The maximum Gasteiger partial charge on any atom is 0.356 e. The number of ether oxygens (including phenoxy) is 1. The van der Waals surface area contributed by atoms with E-state index in [0.29, 0.717) is 22.0 Å². The smallest absolute Gasteiger partial charge is 0.356 e. The third kappa shape index (κ3) is 2.17. The molecule has 18 heavy (non-hydrogen) atoms. The number of carboxylic acids is 1. The summed E-state index contributed by atoms with van der Waals surface area (Å²) in [6.45, 7) is 0. The van der Waals surface area contributed by atoms with E-state index in [1.165, 1.54) is 10.7 Å². The first-order valence-electron chi connectivity index (χ1n) is 5.14. The van der Waals surface area contributed by atoms with Crippen LogP contribution in [0.15, 0.2) is 24.3 Å². The molecule has 0 unspecified atom stereocenters. The van der Waals surface area contributed by atoms with Crippen molar-refractivity contribution in [1.82, 2.24) is 9.78 Å². The van der Waals surface area contributed by atoms with Crippen molar-refractivity contribution < 1.29 is 14.6 Å². The molecule has 2 aromatic rings. The van der Waals surface area contributed by atoms with E-state index in [-0.39, 0.29) is 5.69 Å². The van der Waals surface area contributed by atoms with Crippen LogP contribution in [-0.4, -0.2) is 28.0 Å². The van der Waals surface area contributed by atoms with Gasteiger partial charge in [-0.15, -0.1) is 0 Å². The fraction of sp³-hybridized carbons (Fsp3) is 0.167. The van der Waals surface area contributed by atoms with Crippen molar-refractivity contribution in [3.63, 3.8) is 0 Å². The zero-order valence-corrected chi connectivity index (χ0v) is 10.6. The first-order valence-corrected chi connectivity index (χ1v) is 5.52. The van der Waals surface area contributed by atoms with Crippen molar-refractivity contribution in [1.29, 1.82) is 0 Å². The summed E-state index contributed by atoms with van der Waals surface area (Å²) in [5.41, 5.74) is 1.33. The molecule has 2 rings (SSSR count). The molecule has 1 heterocycles. The number of hydrogen-bond acceptors (Lipinski definition) is 3. The van der Waals surface area contributed by atoms with Crippen LogP contribution in [0.1, 0.15) is 10.5 Å². The Hall–Kier alpha value is -2.01. The number of aromatic carboxylic acids is 1. The maximum atomic E-state index is 10.9. The minimum absolute atomic E-state index is 0.0145. The van der Waals surface area contributed by atoms with Gasteiger partial charge in [-0.05, 0) is 24.3 Å². The lowest BCUT2D eigenvalue weighted by atomic mass is 10.1. The van der Waals surface area contributed by atoms with Gasteiger partial charge in [-0.25, -0.2) is 4.79 Å². The monoisotopic (exact) mass is 266 g/mol. The van der Waals surface area contributed by atoms with E-state index in [9.17, 15) is 4.79 Å². The van der Waals surface area contributed by atoms with Crippen molar-refractivity contribution in [2.75, 3.05) is 7.11 Å². The van der Waals surface area contributed by atoms with Crippen molar-refractivity contribution >= 4 is 17.6 Å². The van der Waals surface area contributed by atoms with Crippen molar-refractivity contribution in [3.8, 4) is 17.0 Å². The Kier molecular flexibility index (Phi) is 3.25. The minimum atomic E-state index is -1.07. The summed E-state index contributed by atoms with van der Waals surface area (Å²) < 4.78 is 6.54. The van der Waals surface area contributed by atoms with Gasteiger partial charge in [0.2, 0.25) is 0 Å². The molecule has 0 spiro atoms. The molecule has 0 saturated carbocycles. The largest absolute Gasteiger partial charge is 0.497 e.